The van der Waals surface area contributed by atoms with E-state index in [-0.39, 0.29) is 23.2 Å². The quantitative estimate of drug-likeness (QED) is 0.435. The van der Waals surface area contributed by atoms with Gasteiger partial charge in [0.05, 0.1) is 31.7 Å². The maximum atomic E-state index is 13.1. The summed E-state index contributed by atoms with van der Waals surface area (Å²) in [5.41, 5.74) is 2.64. The summed E-state index contributed by atoms with van der Waals surface area (Å²) in [5.74, 6) is 2.38. The van der Waals surface area contributed by atoms with E-state index in [4.69, 9.17) is 9.15 Å². The van der Waals surface area contributed by atoms with Crippen LogP contribution < -0.4 is 10.1 Å². The zero-order valence-corrected chi connectivity index (χ0v) is 20.5. The Balaban J connectivity index is 1.46. The molecule has 178 valence electrons. The van der Waals surface area contributed by atoms with Crippen LogP contribution >= 0.6 is 11.8 Å². The first-order valence-electron chi connectivity index (χ1n) is 11.4. The van der Waals surface area contributed by atoms with Crippen molar-refractivity contribution < 1.29 is 18.7 Å². The van der Waals surface area contributed by atoms with Gasteiger partial charge in [0.25, 0.3) is 5.91 Å². The van der Waals surface area contributed by atoms with Crippen molar-refractivity contribution in [1.29, 1.82) is 0 Å². The number of amides is 2. The molecular weight excluding hydrogens is 448 g/mol. The van der Waals surface area contributed by atoms with E-state index in [2.05, 4.69) is 19.2 Å². The summed E-state index contributed by atoms with van der Waals surface area (Å²) in [6, 6.07) is 19.0. The van der Waals surface area contributed by atoms with Gasteiger partial charge >= 0.3 is 0 Å². The Morgan fingerprint density at radius 1 is 1.15 bits per heavy atom. The van der Waals surface area contributed by atoms with Gasteiger partial charge in [0.15, 0.2) is 0 Å². The number of hydrogen-bond acceptors (Lipinski definition) is 5. The zero-order chi connectivity index (χ0) is 24.1. The SMILES string of the molecule is COc1ccc([C@H](CC(C)C)NC(=O)c2ccc([C@@H]3SCC(=O)N3Cc3ccco3)cc2)cc1. The van der Waals surface area contributed by atoms with E-state index < -0.39 is 0 Å². The van der Waals surface area contributed by atoms with Crippen molar-refractivity contribution in [2.24, 2.45) is 5.92 Å². The van der Waals surface area contributed by atoms with Crippen molar-refractivity contribution >= 4 is 23.6 Å². The molecule has 1 N–H and O–H groups in total. The van der Waals surface area contributed by atoms with Gasteiger partial charge in [-0.15, -0.1) is 11.8 Å². The van der Waals surface area contributed by atoms with Crippen LogP contribution in [0.3, 0.4) is 0 Å². The van der Waals surface area contributed by atoms with Crippen LogP contribution in [0.4, 0.5) is 0 Å². The molecule has 0 radical (unpaired) electrons. The van der Waals surface area contributed by atoms with Crippen LogP contribution in [0.25, 0.3) is 0 Å². The minimum absolute atomic E-state index is 0.0873. The number of rotatable bonds is 9. The van der Waals surface area contributed by atoms with Gasteiger partial charge in [-0.25, -0.2) is 0 Å². The van der Waals surface area contributed by atoms with E-state index >= 15 is 0 Å². The van der Waals surface area contributed by atoms with Gasteiger partial charge in [0.2, 0.25) is 5.91 Å². The molecule has 3 aromatic rings. The van der Waals surface area contributed by atoms with Crippen LogP contribution in [0.5, 0.6) is 5.75 Å². The first-order chi connectivity index (χ1) is 16.4. The summed E-state index contributed by atoms with van der Waals surface area (Å²) in [7, 11) is 1.64. The molecule has 1 aliphatic heterocycles. The molecule has 4 rings (SSSR count). The number of carbonyl (C=O) groups is 2. The molecule has 7 heteroatoms. The predicted molar refractivity (Wildman–Crippen MR) is 134 cm³/mol. The number of methoxy groups -OCH3 is 1. The lowest BCUT2D eigenvalue weighted by Crippen LogP contribution is -2.29. The second-order valence-electron chi connectivity index (χ2n) is 8.82. The van der Waals surface area contributed by atoms with Crippen LogP contribution in [0.2, 0.25) is 0 Å². The summed E-state index contributed by atoms with van der Waals surface area (Å²) < 4.78 is 10.7. The van der Waals surface area contributed by atoms with E-state index in [1.54, 1.807) is 25.1 Å². The molecule has 6 nitrogen and oxygen atoms in total. The molecule has 0 bridgehead atoms. The molecule has 0 saturated carbocycles. The monoisotopic (exact) mass is 478 g/mol. The molecule has 1 saturated heterocycles. The lowest BCUT2D eigenvalue weighted by Gasteiger charge is -2.24. The summed E-state index contributed by atoms with van der Waals surface area (Å²) >= 11 is 1.59. The lowest BCUT2D eigenvalue weighted by molar-refractivity contribution is -0.128. The fraction of sp³-hybridized carbons (Fsp3) is 0.333. The number of benzene rings is 2. The van der Waals surface area contributed by atoms with Crippen LogP contribution in [0.1, 0.15) is 58.9 Å². The lowest BCUT2D eigenvalue weighted by atomic mass is 9.96. The highest BCUT2D eigenvalue weighted by atomic mass is 32.2. The van der Waals surface area contributed by atoms with Gasteiger partial charge in [0, 0.05) is 5.56 Å². The third-order valence-electron chi connectivity index (χ3n) is 5.86. The maximum absolute atomic E-state index is 13.1. The van der Waals surface area contributed by atoms with Gasteiger partial charge in [-0.2, -0.15) is 0 Å². The van der Waals surface area contributed by atoms with E-state index in [1.807, 2.05) is 65.6 Å². The predicted octanol–water partition coefficient (Wildman–Crippen LogP) is 5.58. The average molecular weight is 479 g/mol. The number of carbonyl (C=O) groups excluding carboxylic acids is 2. The summed E-state index contributed by atoms with van der Waals surface area (Å²) in [6.45, 7) is 4.73. The number of thioether (sulfide) groups is 1. The third-order valence-corrected chi connectivity index (χ3v) is 7.12. The Morgan fingerprint density at radius 3 is 2.50 bits per heavy atom. The molecule has 34 heavy (non-hydrogen) atoms. The smallest absolute Gasteiger partial charge is 0.251 e. The molecule has 1 aromatic heterocycles. The van der Waals surface area contributed by atoms with Crippen molar-refractivity contribution in [1.82, 2.24) is 10.2 Å². The van der Waals surface area contributed by atoms with Crippen LogP contribution in [-0.4, -0.2) is 29.6 Å². The molecular formula is C27H30N2O4S. The largest absolute Gasteiger partial charge is 0.497 e. The average Bonchev–Trinajstić information content (AvgIpc) is 3.49. The molecule has 0 spiro atoms. The number of nitrogens with one attached hydrogen (secondary N) is 1. The van der Waals surface area contributed by atoms with E-state index in [1.165, 1.54) is 0 Å². The molecule has 1 fully saturated rings. The molecule has 2 aromatic carbocycles. The Labute approximate surface area is 204 Å². The highest BCUT2D eigenvalue weighted by Crippen LogP contribution is 2.39. The van der Waals surface area contributed by atoms with E-state index in [0.717, 1.165) is 29.1 Å². The Kier molecular flexibility index (Phi) is 7.63. The topological polar surface area (TPSA) is 71.8 Å². The highest BCUT2D eigenvalue weighted by Gasteiger charge is 2.33. The van der Waals surface area contributed by atoms with Gasteiger partial charge < -0.3 is 19.4 Å². The minimum Gasteiger partial charge on any atom is -0.497 e. The van der Waals surface area contributed by atoms with E-state index in [9.17, 15) is 9.59 Å². The molecule has 0 unspecified atom stereocenters. The van der Waals surface area contributed by atoms with Gasteiger partial charge in [-0.05, 0) is 59.9 Å². The van der Waals surface area contributed by atoms with Gasteiger partial charge in [-0.1, -0.05) is 38.1 Å². The van der Waals surface area contributed by atoms with Crippen molar-refractivity contribution in [3.05, 3.63) is 89.4 Å². The number of furan rings is 1. The summed E-state index contributed by atoms with van der Waals surface area (Å²) in [5, 5.41) is 3.10. The van der Waals surface area contributed by atoms with Crippen LogP contribution in [-0.2, 0) is 11.3 Å². The first kappa shape index (κ1) is 24.0. The Bertz CT molecular complexity index is 1090. The molecule has 1 aliphatic rings. The van der Waals surface area contributed by atoms with Crippen LogP contribution in [0, 0.1) is 5.92 Å². The maximum Gasteiger partial charge on any atom is 0.251 e. The van der Waals surface area contributed by atoms with Crippen molar-refractivity contribution in [3.8, 4) is 5.75 Å². The second-order valence-corrected chi connectivity index (χ2v) is 9.88. The first-order valence-corrected chi connectivity index (χ1v) is 12.5. The van der Waals surface area contributed by atoms with Gasteiger partial charge in [0.1, 0.15) is 16.9 Å². The minimum atomic E-state index is -0.115. The fourth-order valence-corrected chi connectivity index (χ4v) is 5.29. The highest BCUT2D eigenvalue weighted by molar-refractivity contribution is 8.00. The number of hydrogen-bond donors (Lipinski definition) is 1. The van der Waals surface area contributed by atoms with E-state index in [0.29, 0.717) is 23.8 Å². The normalized spacial score (nSPS) is 16.6. The van der Waals surface area contributed by atoms with Gasteiger partial charge in [-0.3, -0.25) is 9.59 Å². The second kappa shape index (κ2) is 10.8. The van der Waals surface area contributed by atoms with Crippen molar-refractivity contribution in [2.45, 2.75) is 38.2 Å². The Hall–Kier alpha value is -3.19. The Morgan fingerprint density at radius 2 is 1.88 bits per heavy atom. The summed E-state index contributed by atoms with van der Waals surface area (Å²) in [6.07, 6.45) is 2.45. The zero-order valence-electron chi connectivity index (χ0n) is 19.7. The van der Waals surface area contributed by atoms with Crippen molar-refractivity contribution in [3.63, 3.8) is 0 Å². The number of nitrogens with zero attached hydrogens (tertiary/aromatic N) is 1. The molecule has 2 heterocycles. The molecule has 0 aliphatic carbocycles. The standard InChI is InChI=1S/C27H30N2O4S/c1-18(2)15-24(19-10-12-22(32-3)13-11-19)28-26(31)20-6-8-21(9-7-20)27-29(25(30)17-34-27)16-23-5-4-14-33-23/h4-14,18,24,27H,15-17H2,1-3H3,(H,28,31)/t24-,27-/m0/s1. The number of ether oxygens (including phenoxy) is 1. The summed E-state index contributed by atoms with van der Waals surface area (Å²) in [4.78, 5) is 27.3. The van der Waals surface area contributed by atoms with Crippen molar-refractivity contribution in [2.75, 3.05) is 12.9 Å². The van der Waals surface area contributed by atoms with Crippen LogP contribution in [0.15, 0.2) is 71.3 Å². The third kappa shape index (κ3) is 5.65. The molecule has 2 atom stereocenters. The molecule has 2 amide bonds. The fourth-order valence-electron chi connectivity index (χ4n) is 4.10.